The first-order valence-corrected chi connectivity index (χ1v) is 13.5. The maximum absolute atomic E-state index is 13.4. The molecule has 0 bridgehead atoms. The molecule has 0 N–H and O–H groups in total. The number of ether oxygens (including phenoxy) is 1. The largest absolute Gasteiger partial charge is 0.378 e. The standard InChI is InChI=1S/C25H29N5O2S2/c1-18-7-3-4-8-20(18)30-24(28-13-15-32-16-14-28)26-27-25(30)33-17-23(31)29-12-11-19(2)34-22-10-6-5-9-21(22)29/h3-10,19H,11-17H2,1-2H3/t19-/m0/s1. The van der Waals surface area contributed by atoms with Gasteiger partial charge in [-0.15, -0.1) is 22.0 Å². The van der Waals surface area contributed by atoms with Crippen LogP contribution in [0.5, 0.6) is 0 Å². The molecule has 0 saturated carbocycles. The van der Waals surface area contributed by atoms with Gasteiger partial charge in [-0.25, -0.2) is 0 Å². The number of aromatic nitrogens is 3. The van der Waals surface area contributed by atoms with Crippen LogP contribution >= 0.6 is 23.5 Å². The highest BCUT2D eigenvalue weighted by atomic mass is 32.2. The molecule has 1 aromatic heterocycles. The number of amides is 1. The van der Waals surface area contributed by atoms with Crippen LogP contribution in [0.2, 0.25) is 0 Å². The van der Waals surface area contributed by atoms with Crippen molar-refractivity contribution in [1.82, 2.24) is 14.8 Å². The normalized spacial score (nSPS) is 18.5. The molecular formula is C25H29N5O2S2. The molecule has 178 valence electrons. The number of fused-ring (bicyclic) bond motifs is 1. The highest BCUT2D eigenvalue weighted by molar-refractivity contribution is 8.00. The molecule has 1 atom stereocenters. The molecule has 7 nitrogen and oxygen atoms in total. The average Bonchev–Trinajstić information content (AvgIpc) is 3.20. The monoisotopic (exact) mass is 495 g/mol. The summed E-state index contributed by atoms with van der Waals surface area (Å²) in [5.41, 5.74) is 3.18. The van der Waals surface area contributed by atoms with Gasteiger partial charge in [0.1, 0.15) is 0 Å². The highest BCUT2D eigenvalue weighted by Crippen LogP contribution is 2.38. The minimum Gasteiger partial charge on any atom is -0.378 e. The Morgan fingerprint density at radius 1 is 1.06 bits per heavy atom. The van der Waals surface area contributed by atoms with Gasteiger partial charge in [0.15, 0.2) is 5.16 Å². The molecule has 2 aliphatic heterocycles. The molecule has 1 fully saturated rings. The quantitative estimate of drug-likeness (QED) is 0.486. The van der Waals surface area contributed by atoms with Crippen molar-refractivity contribution in [3.8, 4) is 5.69 Å². The van der Waals surface area contributed by atoms with Crippen molar-refractivity contribution in [2.45, 2.75) is 35.6 Å². The van der Waals surface area contributed by atoms with Crippen LogP contribution in [0, 0.1) is 6.92 Å². The van der Waals surface area contributed by atoms with E-state index in [9.17, 15) is 4.79 Å². The number of nitrogens with zero attached hydrogens (tertiary/aromatic N) is 5. The Labute approximate surface area is 208 Å². The van der Waals surface area contributed by atoms with E-state index in [4.69, 9.17) is 4.74 Å². The first-order chi connectivity index (χ1) is 16.6. The van der Waals surface area contributed by atoms with Crippen molar-refractivity contribution in [1.29, 1.82) is 0 Å². The zero-order valence-corrected chi connectivity index (χ0v) is 21.1. The van der Waals surface area contributed by atoms with Gasteiger partial charge in [-0.2, -0.15) is 0 Å². The van der Waals surface area contributed by atoms with Gasteiger partial charge in [-0.3, -0.25) is 9.36 Å². The topological polar surface area (TPSA) is 63.5 Å². The molecule has 0 spiro atoms. The third kappa shape index (κ3) is 4.82. The van der Waals surface area contributed by atoms with Crippen molar-refractivity contribution in [3.63, 3.8) is 0 Å². The number of carbonyl (C=O) groups excluding carboxylic acids is 1. The number of anilines is 2. The molecular weight excluding hydrogens is 466 g/mol. The van der Waals surface area contributed by atoms with E-state index >= 15 is 0 Å². The van der Waals surface area contributed by atoms with E-state index < -0.39 is 0 Å². The highest BCUT2D eigenvalue weighted by Gasteiger charge is 2.26. The number of hydrogen-bond acceptors (Lipinski definition) is 7. The summed E-state index contributed by atoms with van der Waals surface area (Å²) in [7, 11) is 0. The summed E-state index contributed by atoms with van der Waals surface area (Å²) >= 11 is 3.30. The molecule has 2 aliphatic rings. The molecule has 2 aromatic carbocycles. The number of para-hydroxylation sites is 2. The second kappa shape index (κ2) is 10.4. The lowest BCUT2D eigenvalue weighted by Gasteiger charge is -2.28. The summed E-state index contributed by atoms with van der Waals surface area (Å²) in [6.45, 7) is 7.93. The van der Waals surface area contributed by atoms with Gasteiger partial charge in [-0.05, 0) is 37.1 Å². The lowest BCUT2D eigenvalue weighted by atomic mass is 10.2. The maximum atomic E-state index is 13.4. The van der Waals surface area contributed by atoms with Gasteiger partial charge in [0, 0.05) is 29.8 Å². The fraction of sp³-hybridized carbons (Fsp3) is 0.400. The molecule has 5 rings (SSSR count). The second-order valence-corrected chi connectivity index (χ2v) is 10.9. The van der Waals surface area contributed by atoms with Gasteiger partial charge >= 0.3 is 0 Å². The fourth-order valence-electron chi connectivity index (χ4n) is 4.30. The molecule has 34 heavy (non-hydrogen) atoms. The number of rotatable bonds is 5. The summed E-state index contributed by atoms with van der Waals surface area (Å²) in [6, 6.07) is 16.4. The van der Waals surface area contributed by atoms with E-state index in [0.29, 0.717) is 24.2 Å². The minimum absolute atomic E-state index is 0.0967. The van der Waals surface area contributed by atoms with E-state index in [0.717, 1.165) is 54.1 Å². The zero-order chi connectivity index (χ0) is 23.5. The van der Waals surface area contributed by atoms with E-state index in [1.165, 1.54) is 16.7 Å². The first-order valence-electron chi connectivity index (χ1n) is 11.6. The molecule has 0 radical (unpaired) electrons. The minimum atomic E-state index is 0.0967. The Balaban J connectivity index is 1.41. The second-order valence-electron chi connectivity index (χ2n) is 8.52. The third-order valence-electron chi connectivity index (χ3n) is 6.14. The van der Waals surface area contributed by atoms with Gasteiger partial charge in [-0.1, -0.05) is 49.0 Å². The number of morpholine rings is 1. The van der Waals surface area contributed by atoms with Gasteiger partial charge < -0.3 is 14.5 Å². The summed E-state index contributed by atoms with van der Waals surface area (Å²) in [5, 5.41) is 10.3. The lowest BCUT2D eigenvalue weighted by Crippen LogP contribution is -2.38. The number of aryl methyl sites for hydroxylation is 1. The lowest BCUT2D eigenvalue weighted by molar-refractivity contribution is -0.116. The van der Waals surface area contributed by atoms with Crippen LogP contribution in [0.3, 0.4) is 0 Å². The van der Waals surface area contributed by atoms with Crippen LogP contribution in [0.25, 0.3) is 5.69 Å². The fourth-order valence-corrected chi connectivity index (χ4v) is 6.23. The Bertz CT molecular complexity index is 1160. The predicted octanol–water partition coefficient (Wildman–Crippen LogP) is 4.42. The van der Waals surface area contributed by atoms with Gasteiger partial charge in [0.2, 0.25) is 11.9 Å². The molecule has 1 amide bonds. The number of benzene rings is 2. The molecule has 0 unspecified atom stereocenters. The van der Waals surface area contributed by atoms with Crippen LogP contribution in [0.15, 0.2) is 58.6 Å². The Hall–Kier alpha value is -2.49. The van der Waals surface area contributed by atoms with Gasteiger partial charge in [0.05, 0.1) is 30.3 Å². The number of thioether (sulfide) groups is 2. The van der Waals surface area contributed by atoms with E-state index in [1.807, 2.05) is 40.9 Å². The SMILES string of the molecule is Cc1ccccc1-n1c(SCC(=O)N2CC[C@H](C)Sc3ccccc32)nnc1N1CCOCC1. The molecule has 3 aromatic rings. The molecule has 3 heterocycles. The zero-order valence-electron chi connectivity index (χ0n) is 19.5. The van der Waals surface area contributed by atoms with Crippen molar-refractivity contribution in [2.75, 3.05) is 48.4 Å². The number of hydrogen-bond donors (Lipinski definition) is 0. The Morgan fingerprint density at radius 2 is 1.79 bits per heavy atom. The van der Waals surface area contributed by atoms with Crippen molar-refractivity contribution in [2.24, 2.45) is 0 Å². The van der Waals surface area contributed by atoms with E-state index in [2.05, 4.69) is 57.8 Å². The first kappa shape index (κ1) is 23.3. The third-order valence-corrected chi connectivity index (χ3v) is 8.29. The molecule has 0 aliphatic carbocycles. The summed E-state index contributed by atoms with van der Waals surface area (Å²) < 4.78 is 7.62. The van der Waals surface area contributed by atoms with E-state index in [1.54, 1.807) is 0 Å². The van der Waals surface area contributed by atoms with Crippen LogP contribution in [0.1, 0.15) is 18.9 Å². The van der Waals surface area contributed by atoms with Crippen LogP contribution in [-0.4, -0.2) is 64.5 Å². The Kier molecular flexibility index (Phi) is 7.12. The van der Waals surface area contributed by atoms with Crippen molar-refractivity contribution in [3.05, 3.63) is 54.1 Å². The predicted molar refractivity (Wildman–Crippen MR) is 139 cm³/mol. The van der Waals surface area contributed by atoms with Crippen LogP contribution in [-0.2, 0) is 9.53 Å². The smallest absolute Gasteiger partial charge is 0.237 e. The Morgan fingerprint density at radius 3 is 2.59 bits per heavy atom. The molecule has 1 saturated heterocycles. The van der Waals surface area contributed by atoms with E-state index in [-0.39, 0.29) is 5.91 Å². The summed E-state index contributed by atoms with van der Waals surface area (Å²) in [5.74, 6) is 1.21. The van der Waals surface area contributed by atoms with Crippen molar-refractivity contribution >= 4 is 41.1 Å². The van der Waals surface area contributed by atoms with Crippen LogP contribution < -0.4 is 9.80 Å². The maximum Gasteiger partial charge on any atom is 0.237 e. The number of carbonyl (C=O) groups is 1. The summed E-state index contributed by atoms with van der Waals surface area (Å²) in [4.78, 5) is 18.7. The van der Waals surface area contributed by atoms with Crippen LogP contribution in [0.4, 0.5) is 11.6 Å². The molecule has 9 heteroatoms. The average molecular weight is 496 g/mol. The summed E-state index contributed by atoms with van der Waals surface area (Å²) in [6.07, 6.45) is 0.969. The van der Waals surface area contributed by atoms with Crippen molar-refractivity contribution < 1.29 is 9.53 Å². The van der Waals surface area contributed by atoms with Gasteiger partial charge in [0.25, 0.3) is 0 Å².